The third-order valence-corrected chi connectivity index (χ3v) is 4.07. The Labute approximate surface area is 165 Å². The van der Waals surface area contributed by atoms with Crippen LogP contribution in [-0.4, -0.2) is 111 Å². The molecule has 1 heterocycles. The number of aliphatic hydroxyl groups excluding tert-OH is 4. The van der Waals surface area contributed by atoms with E-state index >= 15 is 0 Å². The van der Waals surface area contributed by atoms with E-state index in [0.717, 1.165) is 6.92 Å². The molecule has 7 atom stereocenters. The third kappa shape index (κ3) is 7.15. The summed E-state index contributed by atoms with van der Waals surface area (Å²) in [6.07, 6.45) is -8.53. The average molecular weight is 425 g/mol. The number of carboxylic acid groups (broad SMARTS) is 1. The monoisotopic (exact) mass is 425 g/mol. The molecule has 4 unspecified atom stereocenters. The zero-order valence-corrected chi connectivity index (χ0v) is 15.9. The van der Waals surface area contributed by atoms with Crippen LogP contribution in [0.1, 0.15) is 20.3 Å². The van der Waals surface area contributed by atoms with Crippen molar-refractivity contribution in [2.45, 2.75) is 62.6 Å². The van der Waals surface area contributed by atoms with Gasteiger partial charge in [-0.15, -0.1) is 0 Å². The van der Waals surface area contributed by atoms with Crippen molar-refractivity contribution in [1.82, 2.24) is 5.32 Å². The van der Waals surface area contributed by atoms with Crippen LogP contribution >= 0.6 is 0 Å². The zero-order chi connectivity index (χ0) is 22.4. The maximum absolute atomic E-state index is 11.6. The summed E-state index contributed by atoms with van der Waals surface area (Å²) in [7, 11) is 0. The molecule has 1 aliphatic rings. The molecule has 7 N–H and O–H groups in total. The van der Waals surface area contributed by atoms with Crippen molar-refractivity contribution in [1.29, 1.82) is 0 Å². The summed E-state index contributed by atoms with van der Waals surface area (Å²) in [5, 5.41) is 60.5. The number of hydrogen-bond donors (Lipinski definition) is 7. The Hall–Kier alpha value is -1.87. The number of carbonyl (C=O) groups is 3. The lowest BCUT2D eigenvalue weighted by Gasteiger charge is -2.45. The van der Waals surface area contributed by atoms with Crippen molar-refractivity contribution in [3.05, 3.63) is 0 Å². The minimum atomic E-state index is -2.90. The lowest BCUT2D eigenvalue weighted by atomic mass is 9.88. The van der Waals surface area contributed by atoms with E-state index in [1.807, 2.05) is 0 Å². The Morgan fingerprint density at radius 3 is 2.38 bits per heavy atom. The molecule has 0 spiro atoms. The molecule has 0 aliphatic carbocycles. The van der Waals surface area contributed by atoms with Crippen LogP contribution < -0.4 is 5.32 Å². The Balaban J connectivity index is 3.14. The van der Waals surface area contributed by atoms with Crippen molar-refractivity contribution in [3.8, 4) is 0 Å². The van der Waals surface area contributed by atoms with E-state index in [2.05, 4.69) is 5.32 Å². The van der Waals surface area contributed by atoms with Gasteiger partial charge in [-0.25, -0.2) is 4.79 Å². The number of aliphatic carboxylic acids is 1. The fourth-order valence-electron chi connectivity index (χ4n) is 2.79. The van der Waals surface area contributed by atoms with Crippen molar-refractivity contribution in [3.63, 3.8) is 0 Å². The summed E-state index contributed by atoms with van der Waals surface area (Å²) in [5.74, 6) is -6.55. The number of ether oxygens (including phenoxy) is 3. The molecule has 1 rings (SSSR count). The highest BCUT2D eigenvalue weighted by Crippen LogP contribution is 2.31. The number of amides is 1. The number of rotatable bonds is 10. The van der Waals surface area contributed by atoms with E-state index in [9.17, 15) is 39.9 Å². The summed E-state index contributed by atoms with van der Waals surface area (Å²) < 4.78 is 15.1. The first-order valence-electron chi connectivity index (χ1n) is 8.74. The van der Waals surface area contributed by atoms with Gasteiger partial charge in [-0.2, -0.15) is 0 Å². The van der Waals surface area contributed by atoms with Crippen LogP contribution in [0.3, 0.4) is 0 Å². The number of aliphatic hydroxyl groups is 5. The van der Waals surface area contributed by atoms with Gasteiger partial charge in [0.2, 0.25) is 5.91 Å². The van der Waals surface area contributed by atoms with Crippen molar-refractivity contribution < 1.29 is 59.2 Å². The first-order valence-corrected chi connectivity index (χ1v) is 8.74. The average Bonchev–Trinajstić information content (AvgIpc) is 2.61. The standard InChI is InChI=1S/C16H27NO12/c1-7(19)5-27-6-10(28-8(2)20)13(23)14-12(17-11(22)4-18)9(21)3-16(26,29-14)15(24)25/h7,9-10,12-14,18-19,21,23,26H,3-6H2,1-2H3,(H,17,22)(H,24,25)/t7?,9-,10?,12+,13?,14+,16?/m0/s1. The molecule has 168 valence electrons. The minimum Gasteiger partial charge on any atom is -0.477 e. The molecule has 0 radical (unpaired) electrons. The molecule has 1 amide bonds. The van der Waals surface area contributed by atoms with Crippen LogP contribution in [0.2, 0.25) is 0 Å². The highest BCUT2D eigenvalue weighted by molar-refractivity contribution is 5.78. The summed E-state index contributed by atoms with van der Waals surface area (Å²) >= 11 is 0. The predicted octanol–water partition coefficient (Wildman–Crippen LogP) is -3.92. The van der Waals surface area contributed by atoms with Crippen molar-refractivity contribution >= 4 is 17.8 Å². The number of nitrogens with one attached hydrogen (secondary N) is 1. The quantitative estimate of drug-likeness (QED) is 0.167. The van der Waals surface area contributed by atoms with Gasteiger partial charge in [0.25, 0.3) is 5.79 Å². The van der Waals surface area contributed by atoms with E-state index in [-0.39, 0.29) is 6.61 Å². The van der Waals surface area contributed by atoms with Gasteiger partial charge in [-0.05, 0) is 6.92 Å². The second-order valence-electron chi connectivity index (χ2n) is 6.72. The van der Waals surface area contributed by atoms with Gasteiger partial charge in [0.1, 0.15) is 18.8 Å². The first-order chi connectivity index (χ1) is 13.4. The fourth-order valence-corrected chi connectivity index (χ4v) is 2.79. The second kappa shape index (κ2) is 10.8. The number of carboxylic acids is 1. The smallest absolute Gasteiger partial charge is 0.364 e. The SMILES string of the molecule is CC(=O)OC(COCC(C)O)C(O)[C@@H]1OC(O)(C(=O)O)C[C@H](O)[C@H]1NC(=O)CO. The van der Waals surface area contributed by atoms with Crippen molar-refractivity contribution in [2.75, 3.05) is 19.8 Å². The minimum absolute atomic E-state index is 0.178. The third-order valence-electron chi connectivity index (χ3n) is 4.07. The molecule has 0 aromatic heterocycles. The molecule has 0 aromatic rings. The summed E-state index contributed by atoms with van der Waals surface area (Å²) in [6.45, 7) is 0.852. The lowest BCUT2D eigenvalue weighted by Crippen LogP contribution is -2.67. The maximum Gasteiger partial charge on any atom is 0.364 e. The van der Waals surface area contributed by atoms with E-state index in [1.54, 1.807) is 0 Å². The molecule has 13 nitrogen and oxygen atoms in total. The highest BCUT2D eigenvalue weighted by Gasteiger charge is 2.54. The molecular weight excluding hydrogens is 398 g/mol. The van der Waals surface area contributed by atoms with E-state index in [1.165, 1.54) is 6.92 Å². The van der Waals surface area contributed by atoms with Crippen molar-refractivity contribution in [2.24, 2.45) is 0 Å². The van der Waals surface area contributed by atoms with Crippen LogP contribution in [0.25, 0.3) is 0 Å². The Kier molecular flexibility index (Phi) is 9.35. The molecule has 29 heavy (non-hydrogen) atoms. The Morgan fingerprint density at radius 2 is 1.90 bits per heavy atom. The normalized spacial score (nSPS) is 30.1. The first kappa shape index (κ1) is 25.2. The molecule has 0 bridgehead atoms. The highest BCUT2D eigenvalue weighted by atomic mass is 16.7. The Bertz CT molecular complexity index is 584. The van der Waals surface area contributed by atoms with Crippen LogP contribution in [0, 0.1) is 0 Å². The van der Waals surface area contributed by atoms with Gasteiger partial charge in [0.05, 0.1) is 31.5 Å². The van der Waals surface area contributed by atoms with Crippen LogP contribution in [-0.2, 0) is 28.6 Å². The maximum atomic E-state index is 11.6. The molecule has 1 aliphatic heterocycles. The van der Waals surface area contributed by atoms with Gasteiger partial charge in [0.15, 0.2) is 6.10 Å². The van der Waals surface area contributed by atoms with Gasteiger partial charge in [-0.3, -0.25) is 9.59 Å². The van der Waals surface area contributed by atoms with Crippen LogP contribution in [0.15, 0.2) is 0 Å². The van der Waals surface area contributed by atoms with Gasteiger partial charge in [0, 0.05) is 13.3 Å². The topological polar surface area (TPSA) is 212 Å². The lowest BCUT2D eigenvalue weighted by molar-refractivity contribution is -0.296. The number of carbonyl (C=O) groups excluding carboxylic acids is 2. The van der Waals surface area contributed by atoms with Gasteiger partial charge < -0.3 is 50.2 Å². The van der Waals surface area contributed by atoms with E-state index in [4.69, 9.17) is 19.3 Å². The van der Waals surface area contributed by atoms with Crippen LogP contribution in [0.5, 0.6) is 0 Å². The number of hydrogen-bond acceptors (Lipinski definition) is 11. The van der Waals surface area contributed by atoms with Gasteiger partial charge >= 0.3 is 11.9 Å². The van der Waals surface area contributed by atoms with E-state index < -0.39 is 79.8 Å². The molecule has 13 heteroatoms. The molecular formula is C16H27NO12. The predicted molar refractivity (Wildman–Crippen MR) is 91.2 cm³/mol. The zero-order valence-electron chi connectivity index (χ0n) is 15.9. The molecule has 1 saturated heterocycles. The van der Waals surface area contributed by atoms with E-state index in [0.29, 0.717) is 0 Å². The number of esters is 1. The second-order valence-corrected chi connectivity index (χ2v) is 6.72. The van der Waals surface area contributed by atoms with Crippen LogP contribution in [0.4, 0.5) is 0 Å². The largest absolute Gasteiger partial charge is 0.477 e. The fraction of sp³-hybridized carbons (Fsp3) is 0.812. The molecule has 0 saturated carbocycles. The van der Waals surface area contributed by atoms with Gasteiger partial charge in [-0.1, -0.05) is 0 Å². The Morgan fingerprint density at radius 1 is 1.28 bits per heavy atom. The summed E-state index contributed by atoms with van der Waals surface area (Å²) in [4.78, 5) is 34.3. The molecule has 1 fully saturated rings. The summed E-state index contributed by atoms with van der Waals surface area (Å²) in [6, 6.07) is -1.46. The summed E-state index contributed by atoms with van der Waals surface area (Å²) in [5.41, 5.74) is 0. The molecule has 0 aromatic carbocycles.